The highest BCUT2D eigenvalue weighted by Gasteiger charge is 2.40. The molecule has 1 aliphatic heterocycles. The van der Waals surface area contributed by atoms with E-state index in [1.165, 1.54) is 11.4 Å². The van der Waals surface area contributed by atoms with Gasteiger partial charge in [0.2, 0.25) is 0 Å². The topological polar surface area (TPSA) is 96.4 Å². The summed E-state index contributed by atoms with van der Waals surface area (Å²) in [6.45, 7) is 10.3. The van der Waals surface area contributed by atoms with E-state index in [0.29, 0.717) is 24.3 Å². The number of hydrogen-bond donors (Lipinski definition) is 1. The number of aryl methyl sites for hydroxylation is 2. The number of carbonyl (C=O) groups is 1. The van der Waals surface area contributed by atoms with Crippen LogP contribution < -0.4 is 4.31 Å². The smallest absolute Gasteiger partial charge is 0.322 e. The summed E-state index contributed by atoms with van der Waals surface area (Å²) in [5.41, 5.74) is 2.88. The highest BCUT2D eigenvalue weighted by atomic mass is 32.2. The number of anilines is 1. The molecule has 0 bridgehead atoms. The molecular weight excluding hydrogens is 468 g/mol. The largest absolute Gasteiger partial charge is 0.468 e. The maximum absolute atomic E-state index is 14.1. The molecule has 2 aromatic rings. The van der Waals surface area contributed by atoms with Crippen molar-refractivity contribution < 1.29 is 27.8 Å². The fourth-order valence-electron chi connectivity index (χ4n) is 4.49. The maximum atomic E-state index is 14.1. The Morgan fingerprint density at radius 1 is 1.17 bits per heavy atom. The highest BCUT2D eigenvalue weighted by molar-refractivity contribution is 7.92. The first-order valence-electron chi connectivity index (χ1n) is 11.8. The summed E-state index contributed by atoms with van der Waals surface area (Å²) in [5.74, 6) is -0.408. The summed E-state index contributed by atoms with van der Waals surface area (Å²) in [6, 6.07) is 11.6. The first-order valence-corrected chi connectivity index (χ1v) is 13.2. The molecule has 3 unspecified atom stereocenters. The zero-order valence-electron chi connectivity index (χ0n) is 21.3. The first-order chi connectivity index (χ1) is 16.5. The van der Waals surface area contributed by atoms with Gasteiger partial charge >= 0.3 is 5.97 Å². The van der Waals surface area contributed by atoms with Gasteiger partial charge in [0, 0.05) is 18.7 Å². The predicted octanol–water partition coefficient (Wildman–Crippen LogP) is 3.41. The molecule has 0 amide bonds. The van der Waals surface area contributed by atoms with Crippen molar-refractivity contribution in [1.82, 2.24) is 4.90 Å². The second kappa shape index (κ2) is 11.1. The summed E-state index contributed by atoms with van der Waals surface area (Å²) in [4.78, 5) is 13.7. The Bertz CT molecular complexity index is 1130. The van der Waals surface area contributed by atoms with Crippen LogP contribution in [0.2, 0.25) is 0 Å². The number of carbonyl (C=O) groups excluding carboxylic acids is 1. The molecule has 3 atom stereocenters. The van der Waals surface area contributed by atoms with Crippen molar-refractivity contribution >= 4 is 21.7 Å². The molecular formula is C26H36N2O6S. The SMILES string of the molecule is COC(=O)C(C)N1CCOC(c2ccccc2S(=O)(=O)N(CC(C)C)c2cc(C)cc(C)c2)C1O. The van der Waals surface area contributed by atoms with E-state index in [1.807, 2.05) is 45.9 Å². The third kappa shape index (κ3) is 5.86. The average molecular weight is 505 g/mol. The number of hydrogen-bond acceptors (Lipinski definition) is 7. The quantitative estimate of drug-likeness (QED) is 0.551. The van der Waals surface area contributed by atoms with Gasteiger partial charge in [-0.15, -0.1) is 0 Å². The number of morpholine rings is 1. The van der Waals surface area contributed by atoms with Gasteiger partial charge < -0.3 is 14.6 Å². The molecule has 9 heteroatoms. The van der Waals surface area contributed by atoms with Gasteiger partial charge in [0.15, 0.2) is 0 Å². The lowest BCUT2D eigenvalue weighted by atomic mass is 10.0. The molecule has 0 aliphatic carbocycles. The predicted molar refractivity (Wildman–Crippen MR) is 135 cm³/mol. The van der Waals surface area contributed by atoms with E-state index in [-0.39, 0.29) is 17.4 Å². The molecule has 35 heavy (non-hydrogen) atoms. The molecule has 1 N–H and O–H groups in total. The monoisotopic (exact) mass is 504 g/mol. The van der Waals surface area contributed by atoms with Crippen LogP contribution in [-0.4, -0.2) is 63.5 Å². The fraction of sp³-hybridized carbons (Fsp3) is 0.500. The van der Waals surface area contributed by atoms with E-state index in [0.717, 1.165) is 11.1 Å². The lowest BCUT2D eigenvalue weighted by molar-refractivity contribution is -0.184. The number of methoxy groups -OCH3 is 1. The van der Waals surface area contributed by atoms with Gasteiger partial charge in [-0.1, -0.05) is 38.1 Å². The number of aliphatic hydroxyl groups is 1. The van der Waals surface area contributed by atoms with E-state index in [9.17, 15) is 18.3 Å². The minimum absolute atomic E-state index is 0.0661. The van der Waals surface area contributed by atoms with Crippen LogP contribution in [-0.2, 0) is 24.3 Å². The zero-order valence-corrected chi connectivity index (χ0v) is 22.1. The Morgan fingerprint density at radius 2 is 1.80 bits per heavy atom. The molecule has 0 saturated carbocycles. The number of esters is 1. The van der Waals surface area contributed by atoms with Gasteiger partial charge in [0.25, 0.3) is 10.0 Å². The maximum Gasteiger partial charge on any atom is 0.322 e. The average Bonchev–Trinajstić information content (AvgIpc) is 2.81. The van der Waals surface area contributed by atoms with E-state index in [1.54, 1.807) is 36.1 Å². The second-order valence-corrected chi connectivity index (χ2v) is 11.3. The Hall–Kier alpha value is -2.46. The number of sulfonamides is 1. The highest BCUT2D eigenvalue weighted by Crippen LogP contribution is 2.35. The lowest BCUT2D eigenvalue weighted by Gasteiger charge is -2.41. The molecule has 0 aromatic heterocycles. The van der Waals surface area contributed by atoms with Crippen molar-refractivity contribution in [2.75, 3.05) is 31.1 Å². The van der Waals surface area contributed by atoms with Crippen LogP contribution in [0.3, 0.4) is 0 Å². The van der Waals surface area contributed by atoms with E-state index >= 15 is 0 Å². The summed E-state index contributed by atoms with van der Waals surface area (Å²) >= 11 is 0. The van der Waals surface area contributed by atoms with E-state index < -0.39 is 34.4 Å². The third-order valence-corrected chi connectivity index (χ3v) is 7.98. The Kier molecular flexibility index (Phi) is 8.58. The second-order valence-electron chi connectivity index (χ2n) is 9.46. The Morgan fingerprint density at radius 3 is 2.40 bits per heavy atom. The van der Waals surface area contributed by atoms with Crippen molar-refractivity contribution in [2.45, 2.75) is 57.9 Å². The van der Waals surface area contributed by atoms with Crippen LogP contribution in [0.1, 0.15) is 43.6 Å². The minimum atomic E-state index is -4.01. The molecule has 0 spiro atoms. The summed E-state index contributed by atoms with van der Waals surface area (Å²) < 4.78 is 40.4. The van der Waals surface area contributed by atoms with Crippen LogP contribution in [0.25, 0.3) is 0 Å². The van der Waals surface area contributed by atoms with Crippen molar-refractivity contribution in [3.05, 3.63) is 59.2 Å². The van der Waals surface area contributed by atoms with Crippen molar-refractivity contribution in [2.24, 2.45) is 5.92 Å². The Balaban J connectivity index is 2.08. The number of aliphatic hydroxyl groups excluding tert-OH is 1. The molecule has 2 aromatic carbocycles. The standard InChI is InChI=1S/C26H36N2O6S/c1-17(2)16-28(21-14-18(3)13-19(4)15-21)35(31,32)23-10-8-7-9-22(23)24-25(29)27(11-12-34-24)20(5)26(30)33-6/h7-10,13-15,17,20,24-25,29H,11-12,16H2,1-6H3. The molecule has 0 radical (unpaired) electrons. The summed E-state index contributed by atoms with van der Waals surface area (Å²) in [7, 11) is -2.72. The fourth-order valence-corrected chi connectivity index (χ4v) is 6.34. The molecule has 1 saturated heterocycles. The summed E-state index contributed by atoms with van der Waals surface area (Å²) in [5, 5.41) is 11.1. The Labute approximate surface area is 208 Å². The van der Waals surface area contributed by atoms with Gasteiger partial charge in [0.1, 0.15) is 18.4 Å². The van der Waals surface area contributed by atoms with Crippen LogP contribution in [0.5, 0.6) is 0 Å². The molecule has 1 aliphatic rings. The number of benzene rings is 2. The van der Waals surface area contributed by atoms with Crippen molar-refractivity contribution in [3.63, 3.8) is 0 Å². The van der Waals surface area contributed by atoms with Gasteiger partial charge in [-0.3, -0.25) is 14.0 Å². The van der Waals surface area contributed by atoms with E-state index in [4.69, 9.17) is 9.47 Å². The molecule has 192 valence electrons. The van der Waals surface area contributed by atoms with Crippen LogP contribution in [0.15, 0.2) is 47.4 Å². The van der Waals surface area contributed by atoms with Crippen LogP contribution in [0.4, 0.5) is 5.69 Å². The lowest BCUT2D eigenvalue weighted by Crippen LogP contribution is -2.54. The van der Waals surface area contributed by atoms with Gasteiger partial charge in [0.05, 0.1) is 24.3 Å². The molecule has 1 heterocycles. The number of rotatable bonds is 8. The van der Waals surface area contributed by atoms with Crippen molar-refractivity contribution in [1.29, 1.82) is 0 Å². The van der Waals surface area contributed by atoms with Gasteiger partial charge in [-0.05, 0) is 56.0 Å². The van der Waals surface area contributed by atoms with Crippen molar-refractivity contribution in [3.8, 4) is 0 Å². The normalized spacial score (nSPS) is 20.0. The first kappa shape index (κ1) is 27.1. The molecule has 8 nitrogen and oxygen atoms in total. The zero-order chi connectivity index (χ0) is 25.9. The minimum Gasteiger partial charge on any atom is -0.468 e. The van der Waals surface area contributed by atoms with E-state index in [2.05, 4.69) is 0 Å². The van der Waals surface area contributed by atoms with Gasteiger partial charge in [-0.2, -0.15) is 0 Å². The molecule has 3 rings (SSSR count). The number of nitrogens with zero attached hydrogens (tertiary/aromatic N) is 2. The van der Waals surface area contributed by atoms with Crippen LogP contribution >= 0.6 is 0 Å². The molecule has 1 fully saturated rings. The summed E-state index contributed by atoms with van der Waals surface area (Å²) in [6.07, 6.45) is -2.18. The van der Waals surface area contributed by atoms with Crippen LogP contribution in [0, 0.1) is 19.8 Å². The number of ether oxygens (including phenoxy) is 2. The third-order valence-electron chi connectivity index (χ3n) is 6.12. The van der Waals surface area contributed by atoms with Gasteiger partial charge in [-0.25, -0.2) is 8.42 Å².